The number of aromatic carboxylic acids is 4. The average molecular weight is 1900 g/mol. The fraction of sp³-hybridized carbons (Fsp3) is 0.294. The molecule has 4 aliphatic rings. The van der Waals surface area contributed by atoms with E-state index in [2.05, 4.69) is 105 Å². The van der Waals surface area contributed by atoms with Crippen LogP contribution in [0.15, 0.2) is 232 Å². The predicted molar refractivity (Wildman–Crippen MR) is 555 cm³/mol. The Morgan fingerprint density at radius 1 is 0.355 bits per heavy atom. The van der Waals surface area contributed by atoms with Crippen LogP contribution in [0.25, 0.3) is 132 Å². The first kappa shape index (κ1) is 95.3. The third kappa shape index (κ3) is 19.1. The van der Waals surface area contributed by atoms with Crippen LogP contribution >= 0.6 is 11.3 Å². The van der Waals surface area contributed by atoms with E-state index < -0.39 is 23.9 Å². The van der Waals surface area contributed by atoms with Gasteiger partial charge in [0.2, 0.25) is 0 Å². The van der Waals surface area contributed by atoms with Gasteiger partial charge >= 0.3 is 23.9 Å². The van der Waals surface area contributed by atoms with Gasteiger partial charge in [-0.05, 0) is 309 Å². The molecule has 718 valence electrons. The summed E-state index contributed by atoms with van der Waals surface area (Å²) >= 11 is 1.65. The first-order valence-electron chi connectivity index (χ1n) is 48.2. The molecule has 0 radical (unpaired) electrons. The number of benzene rings is 10. The quantitative estimate of drug-likeness (QED) is 0.0620. The predicted octanol–water partition coefficient (Wildman–Crippen LogP) is 29.6. The Bertz CT molecular complexity index is 7790. The molecule has 10 aromatic carbocycles. The number of thiophene rings is 1. The van der Waals surface area contributed by atoms with Crippen LogP contribution < -0.4 is 18.9 Å². The number of rotatable bonds is 18. The molecular weight excluding hydrogens is 1790 g/mol. The Balaban J connectivity index is 0.000000120. The largest absolute Gasteiger partial charge is 0.493 e. The van der Waals surface area contributed by atoms with Gasteiger partial charge in [-0.1, -0.05) is 146 Å². The number of ether oxygens (including phenoxy) is 6. The fourth-order valence-corrected chi connectivity index (χ4v) is 23.2. The van der Waals surface area contributed by atoms with E-state index in [1.165, 1.54) is 26.8 Å². The van der Waals surface area contributed by atoms with Crippen LogP contribution in [0.1, 0.15) is 221 Å². The summed E-state index contributed by atoms with van der Waals surface area (Å²) in [6.07, 6.45) is 8.06. The maximum atomic E-state index is 12.5. The molecule has 2 aliphatic heterocycles. The number of nitrogens with zero attached hydrogens (tertiary/aromatic N) is 4. The lowest BCUT2D eigenvalue weighted by Gasteiger charge is -2.45. The molecule has 2 aliphatic carbocycles. The number of aryl methyl sites for hydroxylation is 10. The molecule has 4 N–H and O–H groups in total. The van der Waals surface area contributed by atoms with Crippen LogP contribution in [-0.2, 0) is 22.3 Å². The number of carbonyl (C=O) groups is 4. The minimum atomic E-state index is -1.03. The van der Waals surface area contributed by atoms with Crippen molar-refractivity contribution in [3.63, 3.8) is 0 Å². The van der Waals surface area contributed by atoms with Gasteiger partial charge in [0.05, 0.1) is 112 Å². The molecule has 18 aromatic rings. The van der Waals surface area contributed by atoms with E-state index in [0.717, 1.165) is 146 Å². The molecule has 2 unspecified atom stereocenters. The molecule has 2 fully saturated rings. The van der Waals surface area contributed by atoms with Crippen LogP contribution in [0.5, 0.6) is 23.0 Å². The number of para-hydroxylation sites is 3. The number of furan rings is 3. The van der Waals surface area contributed by atoms with E-state index in [0.29, 0.717) is 132 Å². The van der Waals surface area contributed by atoms with Crippen molar-refractivity contribution in [2.24, 2.45) is 11.8 Å². The van der Waals surface area contributed by atoms with Crippen molar-refractivity contribution < 1.29 is 81.3 Å². The second-order valence-electron chi connectivity index (χ2n) is 40.5. The summed E-state index contributed by atoms with van der Waals surface area (Å²) in [7, 11) is 0. The topological polar surface area (TPSA) is 296 Å². The Morgan fingerprint density at radius 2 is 0.667 bits per heavy atom. The van der Waals surface area contributed by atoms with Gasteiger partial charge in [-0.3, -0.25) is 0 Å². The summed E-state index contributed by atoms with van der Waals surface area (Å²) in [6, 6.07) is 69.9. The number of carboxylic acid groups (broad SMARTS) is 4. The number of aromatic nitrogens is 4. The maximum absolute atomic E-state index is 12.5. The third-order valence-electron chi connectivity index (χ3n) is 27.8. The Labute approximate surface area is 821 Å². The summed E-state index contributed by atoms with van der Waals surface area (Å²) in [4.78, 5) is 70.6. The third-order valence-corrected chi connectivity index (χ3v) is 29.1. The average Bonchev–Trinajstić information content (AvgIpc) is 1.71. The van der Waals surface area contributed by atoms with E-state index in [4.69, 9.17) is 61.6 Å². The van der Waals surface area contributed by atoms with Crippen LogP contribution in [-0.4, -0.2) is 99.9 Å². The van der Waals surface area contributed by atoms with E-state index in [-0.39, 0.29) is 56.9 Å². The van der Waals surface area contributed by atoms with Crippen molar-refractivity contribution >= 4 is 122 Å². The smallest absolute Gasteiger partial charge is 0.336 e. The highest BCUT2D eigenvalue weighted by molar-refractivity contribution is 7.22. The highest BCUT2D eigenvalue weighted by atomic mass is 32.1. The molecule has 0 saturated carbocycles. The molecule has 22 rings (SSSR count). The summed E-state index contributed by atoms with van der Waals surface area (Å²) in [5.74, 6) is 0.494. The second-order valence-corrected chi connectivity index (χ2v) is 41.6. The fourth-order valence-electron chi connectivity index (χ4n) is 22.0. The van der Waals surface area contributed by atoms with Crippen LogP contribution in [0, 0.1) is 67.2 Å². The van der Waals surface area contributed by atoms with Crippen molar-refractivity contribution in [1.82, 2.24) is 19.9 Å². The van der Waals surface area contributed by atoms with Gasteiger partial charge in [0.1, 0.15) is 69.0 Å². The van der Waals surface area contributed by atoms with Gasteiger partial charge in [0.15, 0.2) is 17.3 Å². The zero-order valence-corrected chi connectivity index (χ0v) is 83.0. The highest BCUT2D eigenvalue weighted by Crippen LogP contribution is 2.49. The Hall–Kier alpha value is -14.6. The van der Waals surface area contributed by atoms with Gasteiger partial charge in [-0.15, -0.1) is 11.3 Å². The van der Waals surface area contributed by atoms with Gasteiger partial charge < -0.3 is 62.1 Å². The molecule has 0 amide bonds. The van der Waals surface area contributed by atoms with E-state index in [1.54, 1.807) is 35.6 Å². The first-order valence-corrected chi connectivity index (χ1v) is 49.0. The van der Waals surface area contributed by atoms with E-state index >= 15 is 0 Å². The minimum Gasteiger partial charge on any atom is -0.493 e. The van der Waals surface area contributed by atoms with Gasteiger partial charge in [0, 0.05) is 37.5 Å². The molecule has 8 aromatic heterocycles. The molecule has 2 saturated heterocycles. The SMILES string of the molecule is Cc1c(-c2cc(C(=O)O)c3c(OC4CCCc5ccccc54)ccc(C)c3n2)oc2ccccc12.Cc1c(-c2cc(C(=O)O)c3c(OC4CCc5ccccc54)ccc(C)c3n2)oc2ccccc12.Cc1c(-c2cc(C(=O)O)c3c(OCC4CC(C)(C)OC(C)(C)C4)ccc(C)c3n2)oc2ccccc12.Cc1c(-c2cc(C(=O)O)c3c(OCC4CC(C)(C)OC(C)(C)C4)ccc(C)c3n2)sc2ccccc12. The minimum absolute atomic E-state index is 0.110. The number of hydrogen-bond acceptors (Lipinski definition) is 18. The molecule has 141 heavy (non-hydrogen) atoms. The maximum Gasteiger partial charge on any atom is 0.336 e. The summed E-state index contributed by atoms with van der Waals surface area (Å²) < 4.78 is 57.6. The van der Waals surface area contributed by atoms with Crippen LogP contribution in [0.3, 0.4) is 0 Å². The van der Waals surface area contributed by atoms with Gasteiger partial charge in [0.25, 0.3) is 0 Å². The highest BCUT2D eigenvalue weighted by Gasteiger charge is 2.42. The van der Waals surface area contributed by atoms with E-state index in [9.17, 15) is 39.6 Å². The molecule has 0 bridgehead atoms. The van der Waals surface area contributed by atoms with Crippen LogP contribution in [0.2, 0.25) is 0 Å². The number of hydrogen-bond donors (Lipinski definition) is 4. The zero-order valence-electron chi connectivity index (χ0n) is 82.2. The zero-order chi connectivity index (χ0) is 99.2. The number of pyridine rings is 4. The van der Waals surface area contributed by atoms with Crippen molar-refractivity contribution in [3.05, 3.63) is 307 Å². The molecule has 10 heterocycles. The number of fused-ring (bicyclic) bond motifs is 10. The monoisotopic (exact) mass is 1900 g/mol. The van der Waals surface area contributed by atoms with Crippen molar-refractivity contribution in [1.29, 1.82) is 0 Å². The molecule has 2 atom stereocenters. The van der Waals surface area contributed by atoms with E-state index in [1.807, 2.05) is 200 Å². The number of carboxylic acids is 4. The standard InChI is InChI=1S/C30H33NO5.C30H33NO4S.C30H25NO4.C29H23NO4/c1-17-11-12-24(34-16-19-14-29(3,4)36-30(5,6)15-19)25-21(28(32)33)13-22(31-26(17)25)27-18(2)20-9-7-8-10-23(20)35-27;1-17-11-12-23(34-16-19-14-29(3,4)35-30(5,6)15-19)25-21(28(32)33)13-22(31-26(17)25)27-18(2)20-9-7-8-10-24(20)36-27;1-17-14-15-26(34-25-13-7-9-19-8-3-4-11-21(19)25)27-22(30(32)33)16-23(31-28(17)27)29-18(2)20-10-5-6-12-24(20)35-29;1-16-11-13-25(33-24-14-12-18-7-3-4-9-20(18)24)26-21(29(31)32)15-22(30-27(16)26)28-17(2)19-8-5-6-10-23(19)34-28/h2*7-13,19H,14-16H2,1-6H3,(H,32,33);3-6,8,10-12,14-16,25H,7,9,13H2,1-2H3,(H,32,33);3-11,13,15,24H,12,14H2,1-2H3,(H,31,32). The molecule has 21 nitrogen and oxygen atoms in total. The lowest BCUT2D eigenvalue weighted by molar-refractivity contribution is -0.176. The van der Waals surface area contributed by atoms with Crippen molar-refractivity contribution in [2.75, 3.05) is 13.2 Å². The molecule has 22 heteroatoms. The van der Waals surface area contributed by atoms with Gasteiger partial charge in [-0.25, -0.2) is 39.1 Å². The normalized spacial score (nSPS) is 16.4. The lowest BCUT2D eigenvalue weighted by atomic mass is 9.81. The lowest BCUT2D eigenvalue weighted by Crippen LogP contribution is -2.46. The Morgan fingerprint density at radius 3 is 1.04 bits per heavy atom. The van der Waals surface area contributed by atoms with Crippen molar-refractivity contribution in [3.8, 4) is 67.9 Å². The summed E-state index contributed by atoms with van der Waals surface area (Å²) in [6.45, 7) is 33.6. The summed E-state index contributed by atoms with van der Waals surface area (Å²) in [5, 5.41) is 47.1. The van der Waals surface area contributed by atoms with Gasteiger partial charge in [-0.2, -0.15) is 0 Å². The molecule has 0 spiro atoms. The second kappa shape index (κ2) is 37.9. The molecular formula is C119H114N4O17S. The van der Waals surface area contributed by atoms with Crippen LogP contribution in [0.4, 0.5) is 0 Å². The first-order chi connectivity index (χ1) is 67.4. The Kier molecular flexibility index (Phi) is 25.6. The summed E-state index contributed by atoms with van der Waals surface area (Å²) in [5.41, 5.74) is 19.1. The van der Waals surface area contributed by atoms with Crippen molar-refractivity contribution in [2.45, 2.75) is 203 Å².